The number of fused-ring (bicyclic) bond motifs is 1. The first kappa shape index (κ1) is 24.8. The monoisotopic (exact) mass is 506 g/mol. The molecule has 4 aromatic carbocycles. The van der Waals surface area contributed by atoms with Crippen molar-refractivity contribution in [3.05, 3.63) is 112 Å². The Bertz CT molecular complexity index is 1650. The molecule has 0 radical (unpaired) electrons. The smallest absolute Gasteiger partial charge is 0.197 e. The zero-order valence-electron chi connectivity index (χ0n) is 21.3. The summed E-state index contributed by atoms with van der Waals surface area (Å²) >= 11 is 0. The molecule has 38 heavy (non-hydrogen) atoms. The molecular weight excluding hydrogens is 480 g/mol. The summed E-state index contributed by atoms with van der Waals surface area (Å²) in [6.07, 6.45) is 0. The van der Waals surface area contributed by atoms with Gasteiger partial charge in [0.15, 0.2) is 16.8 Å². The van der Waals surface area contributed by atoms with E-state index in [1.807, 2.05) is 66.7 Å². The molecule has 190 valence electrons. The molecule has 0 aliphatic heterocycles. The molecule has 0 atom stereocenters. The number of hydrogen-bond acceptors (Lipinski definition) is 6. The number of benzene rings is 4. The molecule has 0 saturated heterocycles. The van der Waals surface area contributed by atoms with Crippen LogP contribution in [0.15, 0.2) is 100 Å². The van der Waals surface area contributed by atoms with Crippen LogP contribution in [0.25, 0.3) is 33.4 Å². The maximum Gasteiger partial charge on any atom is 0.197 e. The molecule has 0 saturated carbocycles. The van der Waals surface area contributed by atoms with E-state index in [2.05, 4.69) is 0 Å². The van der Waals surface area contributed by atoms with E-state index in [1.54, 1.807) is 25.3 Å². The standard InChI is InChI=1S/C32H26O6/c1-20(33)22-9-11-24(12-10-22)30-28(35-2)18-29(36-3)31-26(34)17-27(38-32(30)31)23-13-15-25(16-14-23)37-19-21-7-5-4-6-8-21/h4-18H,19H2,1-3H3. The summed E-state index contributed by atoms with van der Waals surface area (Å²) in [7, 11) is 3.04. The maximum atomic E-state index is 13.4. The zero-order valence-corrected chi connectivity index (χ0v) is 21.3. The molecule has 0 bridgehead atoms. The van der Waals surface area contributed by atoms with Gasteiger partial charge in [0.1, 0.15) is 35.0 Å². The average Bonchev–Trinajstić information content (AvgIpc) is 2.96. The lowest BCUT2D eigenvalue weighted by atomic mass is 9.98. The highest BCUT2D eigenvalue weighted by molar-refractivity contribution is 6.01. The van der Waals surface area contributed by atoms with E-state index in [-0.39, 0.29) is 11.2 Å². The summed E-state index contributed by atoms with van der Waals surface area (Å²) in [4.78, 5) is 25.1. The first-order chi connectivity index (χ1) is 18.5. The van der Waals surface area contributed by atoms with Gasteiger partial charge in [0, 0.05) is 23.3 Å². The van der Waals surface area contributed by atoms with E-state index in [0.29, 0.717) is 51.7 Å². The summed E-state index contributed by atoms with van der Waals surface area (Å²) in [5.41, 5.74) is 3.81. The Morgan fingerprint density at radius 1 is 0.789 bits per heavy atom. The molecule has 0 N–H and O–H groups in total. The third-order valence-corrected chi connectivity index (χ3v) is 6.34. The van der Waals surface area contributed by atoms with Crippen LogP contribution < -0.4 is 19.6 Å². The van der Waals surface area contributed by atoms with Gasteiger partial charge < -0.3 is 18.6 Å². The highest BCUT2D eigenvalue weighted by Gasteiger charge is 2.21. The second kappa shape index (κ2) is 10.6. The van der Waals surface area contributed by atoms with Crippen molar-refractivity contribution >= 4 is 16.8 Å². The second-order valence-electron chi connectivity index (χ2n) is 8.77. The van der Waals surface area contributed by atoms with Crippen LogP contribution in [0.3, 0.4) is 0 Å². The Kier molecular flexibility index (Phi) is 6.96. The van der Waals surface area contributed by atoms with Gasteiger partial charge >= 0.3 is 0 Å². The van der Waals surface area contributed by atoms with Crippen molar-refractivity contribution in [3.63, 3.8) is 0 Å². The topological polar surface area (TPSA) is 75.0 Å². The number of rotatable bonds is 8. The summed E-state index contributed by atoms with van der Waals surface area (Å²) in [5, 5.41) is 0.311. The van der Waals surface area contributed by atoms with Crippen LogP contribution in [-0.4, -0.2) is 20.0 Å². The van der Waals surface area contributed by atoms with Crippen molar-refractivity contribution < 1.29 is 23.4 Å². The van der Waals surface area contributed by atoms with Crippen LogP contribution in [-0.2, 0) is 6.61 Å². The summed E-state index contributed by atoms with van der Waals surface area (Å²) in [6, 6.07) is 27.5. The van der Waals surface area contributed by atoms with Crippen molar-refractivity contribution in [1.82, 2.24) is 0 Å². The maximum absolute atomic E-state index is 13.4. The highest BCUT2D eigenvalue weighted by atomic mass is 16.5. The predicted molar refractivity (Wildman–Crippen MR) is 147 cm³/mol. The Morgan fingerprint density at radius 3 is 2.08 bits per heavy atom. The predicted octanol–water partition coefficient (Wildman–Crippen LogP) is 6.93. The van der Waals surface area contributed by atoms with Gasteiger partial charge in [0.25, 0.3) is 0 Å². The molecule has 6 heteroatoms. The summed E-state index contributed by atoms with van der Waals surface area (Å²) in [6.45, 7) is 1.97. The number of ketones is 1. The van der Waals surface area contributed by atoms with E-state index in [1.165, 1.54) is 20.1 Å². The number of carbonyl (C=O) groups is 1. The van der Waals surface area contributed by atoms with Gasteiger partial charge in [-0.2, -0.15) is 0 Å². The first-order valence-corrected chi connectivity index (χ1v) is 12.1. The molecular formula is C32H26O6. The lowest BCUT2D eigenvalue weighted by Crippen LogP contribution is -2.05. The fourth-order valence-corrected chi connectivity index (χ4v) is 4.34. The number of ether oxygens (including phenoxy) is 3. The van der Waals surface area contributed by atoms with Gasteiger partial charge in [0.2, 0.25) is 0 Å². The van der Waals surface area contributed by atoms with Gasteiger partial charge in [-0.1, -0.05) is 54.6 Å². The number of methoxy groups -OCH3 is 2. The third kappa shape index (κ3) is 4.89. The van der Waals surface area contributed by atoms with Crippen molar-refractivity contribution in [1.29, 1.82) is 0 Å². The average molecular weight is 507 g/mol. The van der Waals surface area contributed by atoms with Crippen LogP contribution in [0.5, 0.6) is 17.2 Å². The minimum absolute atomic E-state index is 0.0342. The molecule has 6 nitrogen and oxygen atoms in total. The lowest BCUT2D eigenvalue weighted by molar-refractivity contribution is 0.101. The van der Waals surface area contributed by atoms with Crippen LogP contribution in [0, 0.1) is 0 Å². The van der Waals surface area contributed by atoms with Crippen molar-refractivity contribution in [2.75, 3.05) is 14.2 Å². The minimum atomic E-state index is -0.244. The molecule has 0 aliphatic carbocycles. The second-order valence-corrected chi connectivity index (χ2v) is 8.77. The highest BCUT2D eigenvalue weighted by Crippen LogP contribution is 2.42. The zero-order chi connectivity index (χ0) is 26.6. The quantitative estimate of drug-likeness (QED) is 0.213. The molecule has 0 fully saturated rings. The van der Waals surface area contributed by atoms with Gasteiger partial charge in [-0.25, -0.2) is 0 Å². The number of Topliss-reactive ketones (excluding diaryl/α,β-unsaturated/α-hetero) is 1. The minimum Gasteiger partial charge on any atom is -0.496 e. The third-order valence-electron chi connectivity index (χ3n) is 6.34. The molecule has 0 amide bonds. The lowest BCUT2D eigenvalue weighted by Gasteiger charge is -2.15. The largest absolute Gasteiger partial charge is 0.496 e. The molecule has 0 spiro atoms. The molecule has 0 unspecified atom stereocenters. The van der Waals surface area contributed by atoms with Crippen LogP contribution in [0.1, 0.15) is 22.8 Å². The van der Waals surface area contributed by atoms with Gasteiger partial charge in [-0.05, 0) is 42.3 Å². The fourth-order valence-electron chi connectivity index (χ4n) is 4.34. The molecule has 5 rings (SSSR count). The van der Waals surface area contributed by atoms with Crippen molar-refractivity contribution in [2.45, 2.75) is 13.5 Å². The molecule has 1 aromatic heterocycles. The van der Waals surface area contributed by atoms with Crippen LogP contribution in [0.4, 0.5) is 0 Å². The van der Waals surface area contributed by atoms with Gasteiger partial charge in [0.05, 0.1) is 19.8 Å². The van der Waals surface area contributed by atoms with Crippen LogP contribution >= 0.6 is 0 Å². The van der Waals surface area contributed by atoms with E-state index < -0.39 is 0 Å². The summed E-state index contributed by atoms with van der Waals surface area (Å²) < 4.78 is 23.5. The van der Waals surface area contributed by atoms with E-state index >= 15 is 0 Å². The van der Waals surface area contributed by atoms with Crippen molar-refractivity contribution in [3.8, 4) is 39.7 Å². The number of carbonyl (C=O) groups excluding carboxylic acids is 1. The van der Waals surface area contributed by atoms with E-state index in [0.717, 1.165) is 16.7 Å². The normalized spacial score (nSPS) is 10.8. The molecule has 0 aliphatic rings. The first-order valence-electron chi connectivity index (χ1n) is 12.1. The van der Waals surface area contributed by atoms with Gasteiger partial charge in [-0.15, -0.1) is 0 Å². The fraction of sp³-hybridized carbons (Fsp3) is 0.125. The SMILES string of the molecule is COc1cc(OC)c2c(=O)cc(-c3ccc(OCc4ccccc4)cc3)oc2c1-c1ccc(C(C)=O)cc1. The molecule has 5 aromatic rings. The van der Waals surface area contributed by atoms with Crippen LogP contribution in [0.2, 0.25) is 0 Å². The van der Waals surface area contributed by atoms with E-state index in [9.17, 15) is 9.59 Å². The number of hydrogen-bond donors (Lipinski definition) is 0. The Balaban J connectivity index is 1.59. The Morgan fingerprint density at radius 2 is 1.45 bits per heavy atom. The molecule has 1 heterocycles. The summed E-state index contributed by atoms with van der Waals surface area (Å²) in [5.74, 6) is 1.90. The Labute approximate surface area is 220 Å². The van der Waals surface area contributed by atoms with Crippen molar-refractivity contribution in [2.24, 2.45) is 0 Å². The van der Waals surface area contributed by atoms with Gasteiger partial charge in [-0.3, -0.25) is 9.59 Å². The Hall–Kier alpha value is -4.84. The van der Waals surface area contributed by atoms with E-state index in [4.69, 9.17) is 18.6 Å².